The minimum Gasteiger partial charge on any atom is -0.355 e. The summed E-state index contributed by atoms with van der Waals surface area (Å²) in [6.07, 6.45) is 12.4. The summed E-state index contributed by atoms with van der Waals surface area (Å²) in [4.78, 5) is 13.6. The Hall–Kier alpha value is -0.570. The number of carbonyl (C=O) groups is 1. The third-order valence-electron chi connectivity index (χ3n) is 3.39. The number of likely N-dealkylation sites (N-methyl/N-ethyl adjacent to an activating group) is 1. The fraction of sp³-hybridized carbons (Fsp3) is 0.938. The van der Waals surface area contributed by atoms with Crippen LogP contribution in [0.4, 0.5) is 0 Å². The van der Waals surface area contributed by atoms with E-state index >= 15 is 0 Å². The predicted molar refractivity (Wildman–Crippen MR) is 83.4 cm³/mol. The zero-order valence-corrected chi connectivity index (χ0v) is 13.3. The molecule has 0 radical (unpaired) electrons. The molecule has 0 heterocycles. The van der Waals surface area contributed by atoms with E-state index in [2.05, 4.69) is 17.1 Å². The van der Waals surface area contributed by atoms with Crippen LogP contribution >= 0.6 is 0 Å². The van der Waals surface area contributed by atoms with Crippen molar-refractivity contribution in [1.29, 1.82) is 0 Å². The van der Waals surface area contributed by atoms with Crippen LogP contribution in [-0.4, -0.2) is 38.0 Å². The van der Waals surface area contributed by atoms with Gasteiger partial charge >= 0.3 is 0 Å². The topological polar surface area (TPSA) is 32.3 Å². The van der Waals surface area contributed by atoms with E-state index in [1.165, 1.54) is 51.4 Å². The van der Waals surface area contributed by atoms with Gasteiger partial charge in [0.15, 0.2) is 0 Å². The van der Waals surface area contributed by atoms with Gasteiger partial charge in [-0.15, -0.1) is 0 Å². The van der Waals surface area contributed by atoms with Crippen LogP contribution in [0.5, 0.6) is 0 Å². The summed E-state index contributed by atoms with van der Waals surface area (Å²) in [5.41, 5.74) is 0. The molecular formula is C16H34N2O. The normalized spacial score (nSPS) is 10.9. The minimum absolute atomic E-state index is 0.213. The van der Waals surface area contributed by atoms with E-state index in [0.717, 1.165) is 19.5 Å². The van der Waals surface area contributed by atoms with Gasteiger partial charge < -0.3 is 10.2 Å². The number of nitrogens with one attached hydrogen (secondary N) is 1. The van der Waals surface area contributed by atoms with E-state index in [-0.39, 0.29) is 5.91 Å². The van der Waals surface area contributed by atoms with Crippen molar-refractivity contribution in [3.05, 3.63) is 0 Å². The number of hydrogen-bond donors (Lipinski definition) is 1. The van der Waals surface area contributed by atoms with E-state index in [1.54, 1.807) is 0 Å². The van der Waals surface area contributed by atoms with Crippen molar-refractivity contribution in [3.8, 4) is 0 Å². The Morgan fingerprint density at radius 1 is 0.895 bits per heavy atom. The van der Waals surface area contributed by atoms with Gasteiger partial charge in [-0.1, -0.05) is 58.3 Å². The van der Waals surface area contributed by atoms with Gasteiger partial charge in [0.2, 0.25) is 5.91 Å². The van der Waals surface area contributed by atoms with E-state index in [1.807, 2.05) is 14.1 Å². The van der Waals surface area contributed by atoms with Crippen LogP contribution in [0, 0.1) is 0 Å². The molecule has 0 unspecified atom stereocenters. The fourth-order valence-electron chi connectivity index (χ4n) is 2.10. The van der Waals surface area contributed by atoms with Gasteiger partial charge in [0.1, 0.15) is 0 Å². The highest BCUT2D eigenvalue weighted by molar-refractivity contribution is 5.75. The molecule has 3 nitrogen and oxygen atoms in total. The molecule has 0 saturated heterocycles. The zero-order chi connectivity index (χ0) is 14.3. The van der Waals surface area contributed by atoms with Gasteiger partial charge in [-0.3, -0.25) is 4.79 Å². The summed E-state index contributed by atoms with van der Waals surface area (Å²) in [7, 11) is 4.04. The molecule has 0 aromatic heterocycles. The first-order valence-corrected chi connectivity index (χ1v) is 8.08. The standard InChI is InChI=1S/C16H34N2O/c1-4-5-6-7-8-9-10-11-12-13-16(19)17-14-15-18(2)3/h4-15H2,1-3H3,(H,17,19). The lowest BCUT2D eigenvalue weighted by molar-refractivity contribution is -0.121. The lowest BCUT2D eigenvalue weighted by atomic mass is 10.1. The highest BCUT2D eigenvalue weighted by Crippen LogP contribution is 2.10. The molecule has 114 valence electrons. The van der Waals surface area contributed by atoms with E-state index < -0.39 is 0 Å². The average molecular weight is 270 g/mol. The summed E-state index contributed by atoms with van der Waals surface area (Å²) >= 11 is 0. The molecule has 0 spiro atoms. The van der Waals surface area contributed by atoms with Crippen LogP contribution in [0.25, 0.3) is 0 Å². The van der Waals surface area contributed by atoms with Crippen molar-refractivity contribution in [2.45, 2.75) is 71.1 Å². The second-order valence-electron chi connectivity index (χ2n) is 5.73. The first-order chi connectivity index (χ1) is 9.16. The number of nitrogens with zero attached hydrogens (tertiary/aromatic N) is 1. The monoisotopic (exact) mass is 270 g/mol. The molecule has 0 atom stereocenters. The first kappa shape index (κ1) is 18.4. The van der Waals surface area contributed by atoms with Gasteiger partial charge in [0.25, 0.3) is 0 Å². The molecule has 1 amide bonds. The number of carbonyl (C=O) groups excluding carboxylic acids is 1. The average Bonchev–Trinajstić information content (AvgIpc) is 2.36. The molecule has 0 bridgehead atoms. The molecule has 0 fully saturated rings. The SMILES string of the molecule is CCCCCCCCCCCC(=O)NCCN(C)C. The lowest BCUT2D eigenvalue weighted by Gasteiger charge is -2.10. The van der Waals surface area contributed by atoms with Gasteiger partial charge in [0, 0.05) is 19.5 Å². The molecule has 0 rings (SSSR count). The number of unbranched alkanes of at least 4 members (excludes halogenated alkanes) is 8. The summed E-state index contributed by atoms with van der Waals surface area (Å²) in [5, 5.41) is 2.96. The Labute approximate surface area is 120 Å². The molecule has 0 aliphatic heterocycles. The molecule has 0 aromatic rings. The zero-order valence-electron chi connectivity index (χ0n) is 13.3. The quantitative estimate of drug-likeness (QED) is 0.519. The van der Waals surface area contributed by atoms with Crippen LogP contribution in [0.2, 0.25) is 0 Å². The Morgan fingerprint density at radius 2 is 1.42 bits per heavy atom. The molecule has 19 heavy (non-hydrogen) atoms. The second kappa shape index (κ2) is 13.9. The van der Waals surface area contributed by atoms with Gasteiger partial charge in [-0.05, 0) is 20.5 Å². The number of amides is 1. The maximum atomic E-state index is 11.5. The van der Waals surface area contributed by atoms with Crippen molar-refractivity contribution in [2.24, 2.45) is 0 Å². The molecular weight excluding hydrogens is 236 g/mol. The molecule has 0 saturated carbocycles. The van der Waals surface area contributed by atoms with Gasteiger partial charge in [0.05, 0.1) is 0 Å². The second-order valence-corrected chi connectivity index (χ2v) is 5.73. The Bertz CT molecular complexity index is 205. The summed E-state index contributed by atoms with van der Waals surface area (Å²) in [5.74, 6) is 0.213. The van der Waals surface area contributed by atoms with Crippen LogP contribution < -0.4 is 5.32 Å². The number of rotatable bonds is 13. The Balaban J connectivity index is 3.14. The van der Waals surface area contributed by atoms with Gasteiger partial charge in [-0.25, -0.2) is 0 Å². The molecule has 1 N–H and O–H groups in total. The molecule has 0 aliphatic carbocycles. The lowest BCUT2D eigenvalue weighted by Crippen LogP contribution is -2.31. The molecule has 3 heteroatoms. The predicted octanol–water partition coefficient (Wildman–Crippen LogP) is 3.59. The van der Waals surface area contributed by atoms with E-state index in [4.69, 9.17) is 0 Å². The highest BCUT2D eigenvalue weighted by atomic mass is 16.1. The van der Waals surface area contributed by atoms with Crippen LogP contribution in [-0.2, 0) is 4.79 Å². The van der Waals surface area contributed by atoms with E-state index in [0.29, 0.717) is 6.42 Å². The Morgan fingerprint density at radius 3 is 1.95 bits per heavy atom. The van der Waals surface area contributed by atoms with Crippen LogP contribution in [0.15, 0.2) is 0 Å². The van der Waals surface area contributed by atoms with Crippen LogP contribution in [0.3, 0.4) is 0 Å². The minimum atomic E-state index is 0.213. The van der Waals surface area contributed by atoms with Crippen molar-refractivity contribution in [3.63, 3.8) is 0 Å². The van der Waals surface area contributed by atoms with Crippen molar-refractivity contribution in [2.75, 3.05) is 27.2 Å². The fourth-order valence-corrected chi connectivity index (χ4v) is 2.10. The van der Waals surface area contributed by atoms with Crippen molar-refractivity contribution >= 4 is 5.91 Å². The third kappa shape index (κ3) is 15.4. The largest absolute Gasteiger partial charge is 0.355 e. The highest BCUT2D eigenvalue weighted by Gasteiger charge is 2.00. The van der Waals surface area contributed by atoms with Crippen molar-refractivity contribution < 1.29 is 4.79 Å². The molecule has 0 aromatic carbocycles. The van der Waals surface area contributed by atoms with Crippen LogP contribution in [0.1, 0.15) is 71.1 Å². The maximum absolute atomic E-state index is 11.5. The van der Waals surface area contributed by atoms with E-state index in [9.17, 15) is 4.79 Å². The van der Waals surface area contributed by atoms with Crippen molar-refractivity contribution in [1.82, 2.24) is 10.2 Å². The summed E-state index contributed by atoms with van der Waals surface area (Å²) in [6.45, 7) is 3.94. The third-order valence-corrected chi connectivity index (χ3v) is 3.39. The first-order valence-electron chi connectivity index (χ1n) is 8.08. The number of hydrogen-bond acceptors (Lipinski definition) is 2. The molecule has 0 aliphatic rings. The summed E-state index contributed by atoms with van der Waals surface area (Å²) in [6, 6.07) is 0. The van der Waals surface area contributed by atoms with Gasteiger partial charge in [-0.2, -0.15) is 0 Å². The smallest absolute Gasteiger partial charge is 0.220 e. The Kier molecular flexibility index (Phi) is 13.4. The maximum Gasteiger partial charge on any atom is 0.220 e. The summed E-state index contributed by atoms with van der Waals surface area (Å²) < 4.78 is 0.